The number of hydrogen-bond acceptors (Lipinski definition) is 1. The van der Waals surface area contributed by atoms with Crippen LogP contribution in [0.4, 0.5) is 0 Å². The summed E-state index contributed by atoms with van der Waals surface area (Å²) in [6.07, 6.45) is 0.659. The molecule has 0 spiro atoms. The Morgan fingerprint density at radius 2 is 1.26 bits per heavy atom. The van der Waals surface area contributed by atoms with Gasteiger partial charge in [-0.15, -0.1) is 0 Å². The second kappa shape index (κ2) is 5.31. The maximum Gasteiger partial charge on any atom is 0.104 e. The van der Waals surface area contributed by atoms with Crippen molar-refractivity contribution in [1.29, 1.82) is 0 Å². The Hall–Kier alpha value is -3.03. The summed E-state index contributed by atoms with van der Waals surface area (Å²) in [4.78, 5) is 3.21. The fraction of sp³-hybridized carbons (Fsp3) is 0.100. The molecule has 0 saturated carbocycles. The van der Waals surface area contributed by atoms with E-state index in [0.717, 1.165) is 27.8 Å². The average molecular weight is 297 g/mol. The zero-order valence-electron chi connectivity index (χ0n) is 12.6. The number of nitrogens with zero attached hydrogens (tertiary/aromatic N) is 3. The molecule has 0 fully saturated rings. The minimum atomic E-state index is -0.677. The number of hydrogen-bond donors (Lipinski definition) is 0. The lowest BCUT2D eigenvalue weighted by molar-refractivity contribution is 0.546. The third-order valence-corrected chi connectivity index (χ3v) is 4.55. The minimum absolute atomic E-state index is 0.659. The van der Waals surface area contributed by atoms with Crippen molar-refractivity contribution in [2.75, 3.05) is 0 Å². The van der Waals surface area contributed by atoms with Gasteiger partial charge < -0.3 is 0 Å². The predicted molar refractivity (Wildman–Crippen MR) is 92.0 cm³/mol. The molecule has 0 atom stereocenters. The van der Waals surface area contributed by atoms with E-state index in [0.29, 0.717) is 6.42 Å². The standard InChI is InChI=1S/C20H15N3/c21-23-22-20(14-15-8-2-1-3-9-15)18-12-6-4-10-16(18)17-11-5-7-13-19(17)20/h1-13H,14H2. The Balaban J connectivity index is 2.00. The van der Waals surface area contributed by atoms with Crippen LogP contribution in [-0.4, -0.2) is 0 Å². The molecule has 0 aliphatic heterocycles. The molecule has 3 nitrogen and oxygen atoms in total. The van der Waals surface area contributed by atoms with Crippen LogP contribution in [0.1, 0.15) is 16.7 Å². The highest BCUT2D eigenvalue weighted by atomic mass is 15.2. The first-order valence-corrected chi connectivity index (χ1v) is 7.65. The lowest BCUT2D eigenvalue weighted by Gasteiger charge is -2.26. The van der Waals surface area contributed by atoms with E-state index in [2.05, 4.69) is 46.4 Å². The second-order valence-electron chi connectivity index (χ2n) is 5.80. The quantitative estimate of drug-likeness (QED) is 0.350. The smallest absolute Gasteiger partial charge is 0.0774 e. The van der Waals surface area contributed by atoms with Gasteiger partial charge in [-0.1, -0.05) is 84.0 Å². The largest absolute Gasteiger partial charge is 0.104 e. The summed E-state index contributed by atoms with van der Waals surface area (Å²) in [5.41, 5.74) is 14.3. The van der Waals surface area contributed by atoms with E-state index in [-0.39, 0.29) is 0 Å². The summed E-state index contributed by atoms with van der Waals surface area (Å²) in [6.45, 7) is 0. The molecule has 0 N–H and O–H groups in total. The average Bonchev–Trinajstić information content (AvgIpc) is 2.88. The molecular weight excluding hydrogens is 282 g/mol. The van der Waals surface area contributed by atoms with Crippen molar-refractivity contribution in [3.8, 4) is 11.1 Å². The molecule has 0 aromatic heterocycles. The first-order valence-electron chi connectivity index (χ1n) is 7.65. The van der Waals surface area contributed by atoms with Crippen molar-refractivity contribution >= 4 is 0 Å². The topological polar surface area (TPSA) is 48.8 Å². The fourth-order valence-electron chi connectivity index (χ4n) is 3.60. The number of fused-ring (bicyclic) bond motifs is 3. The first kappa shape index (κ1) is 13.6. The monoisotopic (exact) mass is 297 g/mol. The molecular formula is C20H15N3. The Morgan fingerprint density at radius 1 is 0.739 bits per heavy atom. The highest BCUT2D eigenvalue weighted by Gasteiger charge is 2.42. The lowest BCUT2D eigenvalue weighted by Crippen LogP contribution is -2.25. The van der Waals surface area contributed by atoms with Crippen molar-refractivity contribution in [3.05, 3.63) is 106 Å². The molecule has 23 heavy (non-hydrogen) atoms. The van der Waals surface area contributed by atoms with Crippen molar-refractivity contribution < 1.29 is 0 Å². The van der Waals surface area contributed by atoms with Gasteiger partial charge in [-0.3, -0.25) is 0 Å². The van der Waals surface area contributed by atoms with Crippen LogP contribution >= 0.6 is 0 Å². The van der Waals surface area contributed by atoms with Crippen LogP contribution < -0.4 is 0 Å². The first-order chi connectivity index (χ1) is 11.3. The SMILES string of the molecule is [N-]=[N+]=NC1(Cc2ccccc2)c2ccccc2-c2ccccc21. The van der Waals surface area contributed by atoms with Crippen LogP contribution in [0.25, 0.3) is 21.6 Å². The minimum Gasteiger partial charge on any atom is -0.0774 e. The van der Waals surface area contributed by atoms with Crippen LogP contribution in [0.3, 0.4) is 0 Å². The van der Waals surface area contributed by atoms with E-state index >= 15 is 0 Å². The Morgan fingerprint density at radius 3 is 1.83 bits per heavy atom. The zero-order valence-corrected chi connectivity index (χ0v) is 12.6. The highest BCUT2D eigenvalue weighted by Crippen LogP contribution is 2.51. The Bertz CT molecular complexity index is 863. The van der Waals surface area contributed by atoms with Gasteiger partial charge >= 0.3 is 0 Å². The van der Waals surface area contributed by atoms with Gasteiger partial charge in [-0.25, -0.2) is 0 Å². The zero-order chi connectivity index (χ0) is 15.7. The normalized spacial score (nSPS) is 13.7. The molecule has 0 heterocycles. The van der Waals surface area contributed by atoms with Crippen molar-refractivity contribution in [2.45, 2.75) is 12.0 Å². The molecule has 0 radical (unpaired) electrons. The summed E-state index contributed by atoms with van der Waals surface area (Å²) in [5.74, 6) is 0. The highest BCUT2D eigenvalue weighted by molar-refractivity contribution is 5.81. The summed E-state index contributed by atoms with van der Waals surface area (Å²) >= 11 is 0. The van der Waals surface area contributed by atoms with Crippen molar-refractivity contribution in [2.24, 2.45) is 5.11 Å². The van der Waals surface area contributed by atoms with Gasteiger partial charge in [-0.05, 0) is 39.8 Å². The van der Waals surface area contributed by atoms with Gasteiger partial charge in [0.1, 0.15) is 5.54 Å². The van der Waals surface area contributed by atoms with Crippen LogP contribution in [0.2, 0.25) is 0 Å². The molecule has 4 rings (SSSR count). The second-order valence-corrected chi connectivity index (χ2v) is 5.80. The molecule has 3 aromatic rings. The van der Waals surface area contributed by atoms with Crippen molar-refractivity contribution in [1.82, 2.24) is 0 Å². The Labute approximate surface area is 134 Å². The lowest BCUT2D eigenvalue weighted by atomic mass is 9.82. The number of benzene rings is 3. The van der Waals surface area contributed by atoms with Gasteiger partial charge in [0.15, 0.2) is 0 Å². The van der Waals surface area contributed by atoms with E-state index in [1.54, 1.807) is 0 Å². The predicted octanol–water partition coefficient (Wildman–Crippen LogP) is 5.46. The third-order valence-electron chi connectivity index (χ3n) is 4.55. The molecule has 110 valence electrons. The van der Waals surface area contributed by atoms with Crippen LogP contribution in [-0.2, 0) is 12.0 Å². The summed E-state index contributed by atoms with van der Waals surface area (Å²) in [6, 6.07) is 26.7. The van der Waals surface area contributed by atoms with E-state index in [1.807, 2.05) is 42.5 Å². The molecule has 1 aliphatic rings. The molecule has 0 saturated heterocycles. The van der Waals surface area contributed by atoms with E-state index in [1.165, 1.54) is 0 Å². The Kier molecular flexibility index (Phi) is 3.14. The van der Waals surface area contributed by atoms with Gasteiger partial charge in [-0.2, -0.15) is 0 Å². The number of rotatable bonds is 3. The molecule has 0 unspecified atom stereocenters. The fourth-order valence-corrected chi connectivity index (χ4v) is 3.60. The van der Waals surface area contributed by atoms with Gasteiger partial charge in [0.05, 0.1) is 0 Å². The van der Waals surface area contributed by atoms with Gasteiger partial charge in [0.25, 0.3) is 0 Å². The van der Waals surface area contributed by atoms with E-state index in [4.69, 9.17) is 0 Å². The van der Waals surface area contributed by atoms with Crippen LogP contribution in [0, 0.1) is 0 Å². The number of azide groups is 1. The summed E-state index contributed by atoms with van der Waals surface area (Å²) < 4.78 is 0. The van der Waals surface area contributed by atoms with Crippen LogP contribution in [0.5, 0.6) is 0 Å². The molecule has 0 amide bonds. The summed E-state index contributed by atoms with van der Waals surface area (Å²) in [7, 11) is 0. The van der Waals surface area contributed by atoms with Crippen LogP contribution in [0.15, 0.2) is 84.0 Å². The van der Waals surface area contributed by atoms with E-state index in [9.17, 15) is 5.53 Å². The molecule has 3 heteroatoms. The maximum absolute atomic E-state index is 9.28. The van der Waals surface area contributed by atoms with Crippen molar-refractivity contribution in [3.63, 3.8) is 0 Å². The molecule has 0 bridgehead atoms. The molecule has 1 aliphatic carbocycles. The summed E-state index contributed by atoms with van der Waals surface area (Å²) in [5, 5.41) is 4.31. The van der Waals surface area contributed by atoms with Gasteiger partial charge in [0.2, 0.25) is 0 Å². The molecule has 3 aromatic carbocycles. The maximum atomic E-state index is 9.28. The third kappa shape index (κ3) is 2.02. The van der Waals surface area contributed by atoms with E-state index < -0.39 is 5.54 Å². The van der Waals surface area contributed by atoms with Gasteiger partial charge in [0, 0.05) is 4.91 Å².